The van der Waals surface area contributed by atoms with E-state index in [0.717, 1.165) is 11.1 Å². The minimum atomic E-state index is -0.945. The minimum Gasteiger partial charge on any atom is -0.383 e. The van der Waals surface area contributed by atoms with Crippen LogP contribution < -0.4 is 5.73 Å². The number of aliphatic hydroxyl groups is 1. The van der Waals surface area contributed by atoms with E-state index in [9.17, 15) is 5.11 Å². The smallest absolute Gasteiger partial charge is 0.130 e. The molecule has 0 saturated carbocycles. The van der Waals surface area contributed by atoms with Crippen LogP contribution in [0, 0.1) is 0 Å². The monoisotopic (exact) mass is 192 g/mol. The maximum Gasteiger partial charge on any atom is 0.130 e. The number of hydrogen-bond donors (Lipinski definition) is 2. The Labute approximate surface area is 84.5 Å². The highest BCUT2D eigenvalue weighted by Gasteiger charge is 2.07. The first-order valence-electron chi connectivity index (χ1n) is 4.48. The van der Waals surface area contributed by atoms with Crippen molar-refractivity contribution in [2.24, 2.45) is 5.73 Å². The summed E-state index contributed by atoms with van der Waals surface area (Å²) in [6.45, 7) is 0. The van der Waals surface area contributed by atoms with Crippen molar-refractivity contribution in [2.45, 2.75) is 6.23 Å². The molecule has 0 heterocycles. The molecule has 0 fully saturated rings. The highest BCUT2D eigenvalue weighted by Crippen LogP contribution is 2.15. The zero-order valence-electron chi connectivity index (χ0n) is 8.51. The van der Waals surface area contributed by atoms with E-state index >= 15 is 0 Å². The van der Waals surface area contributed by atoms with E-state index in [1.54, 1.807) is 0 Å². The van der Waals surface area contributed by atoms with Gasteiger partial charge in [0.25, 0.3) is 0 Å². The van der Waals surface area contributed by atoms with Gasteiger partial charge in [-0.25, -0.2) is 0 Å². The van der Waals surface area contributed by atoms with Gasteiger partial charge in [-0.3, -0.25) is 0 Å². The summed E-state index contributed by atoms with van der Waals surface area (Å²) in [6, 6.07) is 9.61. The lowest BCUT2D eigenvalue weighted by atomic mass is 10.1. The molecule has 14 heavy (non-hydrogen) atoms. The normalized spacial score (nSPS) is 13.9. The number of rotatable bonds is 3. The largest absolute Gasteiger partial charge is 0.383 e. The molecule has 0 aromatic heterocycles. The van der Waals surface area contributed by atoms with Gasteiger partial charge in [-0.1, -0.05) is 30.3 Å². The third-order valence-corrected chi connectivity index (χ3v) is 1.82. The number of aliphatic hydroxyl groups excluding tert-OH is 1. The molecule has 0 aliphatic carbocycles. The van der Waals surface area contributed by atoms with Gasteiger partial charge in [-0.2, -0.15) is 0 Å². The summed E-state index contributed by atoms with van der Waals surface area (Å²) in [6.07, 6.45) is 0.875. The molecule has 3 N–H and O–H groups in total. The summed E-state index contributed by atoms with van der Waals surface area (Å²) >= 11 is 0. The van der Waals surface area contributed by atoms with Crippen molar-refractivity contribution >= 4 is 5.57 Å². The Balaban J connectivity index is 3.01. The standard InChI is InChI=1S/C11H16N2O/c1-13(2)8-10(11(12)14)9-6-4-3-5-7-9/h3-8,11,14H,12H2,1-2H3/b10-8-/t11-/m1/s1. The molecule has 0 saturated heterocycles. The SMILES string of the molecule is CN(C)/C=C(/c1ccccc1)[C@H](N)O. The number of benzene rings is 1. The summed E-state index contributed by atoms with van der Waals surface area (Å²) in [5, 5.41) is 9.40. The second kappa shape index (κ2) is 4.79. The average Bonchev–Trinajstić information content (AvgIpc) is 2.15. The van der Waals surface area contributed by atoms with Gasteiger partial charge in [0.1, 0.15) is 6.23 Å². The van der Waals surface area contributed by atoms with Crippen LogP contribution >= 0.6 is 0 Å². The summed E-state index contributed by atoms with van der Waals surface area (Å²) in [5.41, 5.74) is 7.14. The molecule has 0 bridgehead atoms. The first kappa shape index (κ1) is 10.8. The lowest BCUT2D eigenvalue weighted by molar-refractivity contribution is 0.239. The van der Waals surface area contributed by atoms with Crippen LogP contribution in [0.15, 0.2) is 36.5 Å². The zero-order valence-corrected chi connectivity index (χ0v) is 8.51. The van der Waals surface area contributed by atoms with Crippen LogP contribution in [0.2, 0.25) is 0 Å². The van der Waals surface area contributed by atoms with Crippen LogP contribution in [-0.4, -0.2) is 30.3 Å². The summed E-state index contributed by atoms with van der Waals surface area (Å²) in [4.78, 5) is 1.86. The van der Waals surface area contributed by atoms with E-state index in [0.29, 0.717) is 0 Å². The van der Waals surface area contributed by atoms with Crippen LogP contribution in [0.25, 0.3) is 5.57 Å². The van der Waals surface area contributed by atoms with Gasteiger partial charge in [0.15, 0.2) is 0 Å². The Bertz CT molecular complexity index is 304. The molecule has 0 radical (unpaired) electrons. The van der Waals surface area contributed by atoms with Crippen LogP contribution in [0.1, 0.15) is 5.56 Å². The van der Waals surface area contributed by atoms with E-state index in [2.05, 4.69) is 0 Å². The second-order valence-corrected chi connectivity index (χ2v) is 3.36. The van der Waals surface area contributed by atoms with Gasteiger partial charge in [0, 0.05) is 25.9 Å². The van der Waals surface area contributed by atoms with E-state index in [4.69, 9.17) is 5.73 Å². The first-order valence-corrected chi connectivity index (χ1v) is 4.48. The fourth-order valence-electron chi connectivity index (χ4n) is 1.23. The average molecular weight is 192 g/mol. The molecule has 1 atom stereocenters. The van der Waals surface area contributed by atoms with Crippen LogP contribution in [-0.2, 0) is 0 Å². The summed E-state index contributed by atoms with van der Waals surface area (Å²) < 4.78 is 0. The Morgan fingerprint density at radius 3 is 2.36 bits per heavy atom. The van der Waals surface area contributed by atoms with Gasteiger partial charge in [0.2, 0.25) is 0 Å². The van der Waals surface area contributed by atoms with Gasteiger partial charge < -0.3 is 15.7 Å². The molecule has 0 spiro atoms. The Morgan fingerprint density at radius 2 is 1.93 bits per heavy atom. The molecule has 3 heteroatoms. The lowest BCUT2D eigenvalue weighted by Crippen LogP contribution is -2.22. The van der Waals surface area contributed by atoms with Crippen LogP contribution in [0.4, 0.5) is 0 Å². The Hall–Kier alpha value is -1.32. The molecule has 0 aliphatic rings. The molecular formula is C11H16N2O. The van der Waals surface area contributed by atoms with Crippen molar-refractivity contribution in [3.8, 4) is 0 Å². The Kier molecular flexibility index (Phi) is 3.68. The number of nitrogens with two attached hydrogens (primary N) is 1. The van der Waals surface area contributed by atoms with Gasteiger partial charge in [-0.05, 0) is 5.56 Å². The van der Waals surface area contributed by atoms with Crippen LogP contribution in [0.5, 0.6) is 0 Å². The van der Waals surface area contributed by atoms with Gasteiger partial charge in [0.05, 0.1) is 0 Å². The highest BCUT2D eigenvalue weighted by molar-refractivity contribution is 5.67. The Morgan fingerprint density at radius 1 is 1.36 bits per heavy atom. The third-order valence-electron chi connectivity index (χ3n) is 1.82. The predicted molar refractivity (Wildman–Crippen MR) is 58.3 cm³/mol. The fourth-order valence-corrected chi connectivity index (χ4v) is 1.23. The van der Waals surface area contributed by atoms with Crippen molar-refractivity contribution in [1.82, 2.24) is 4.90 Å². The van der Waals surface area contributed by atoms with E-state index in [-0.39, 0.29) is 0 Å². The van der Waals surface area contributed by atoms with Crippen LogP contribution in [0.3, 0.4) is 0 Å². The maximum atomic E-state index is 9.40. The second-order valence-electron chi connectivity index (χ2n) is 3.36. The lowest BCUT2D eigenvalue weighted by Gasteiger charge is -2.14. The molecule has 1 rings (SSSR count). The summed E-state index contributed by atoms with van der Waals surface area (Å²) in [5.74, 6) is 0. The van der Waals surface area contributed by atoms with Gasteiger partial charge >= 0.3 is 0 Å². The molecule has 76 valence electrons. The topological polar surface area (TPSA) is 49.5 Å². The fraction of sp³-hybridized carbons (Fsp3) is 0.273. The predicted octanol–water partition coefficient (Wildman–Crippen LogP) is 0.866. The zero-order chi connectivity index (χ0) is 10.6. The first-order chi connectivity index (χ1) is 6.61. The molecule has 0 amide bonds. The van der Waals surface area contributed by atoms with Gasteiger partial charge in [-0.15, -0.1) is 0 Å². The number of nitrogens with zero attached hydrogens (tertiary/aromatic N) is 1. The van der Waals surface area contributed by atoms with E-state index in [1.165, 1.54) is 0 Å². The van der Waals surface area contributed by atoms with E-state index < -0.39 is 6.23 Å². The van der Waals surface area contributed by atoms with Crippen molar-refractivity contribution in [3.63, 3.8) is 0 Å². The molecule has 3 nitrogen and oxygen atoms in total. The third kappa shape index (κ3) is 2.87. The van der Waals surface area contributed by atoms with Crippen molar-refractivity contribution in [1.29, 1.82) is 0 Å². The van der Waals surface area contributed by atoms with Crippen molar-refractivity contribution in [3.05, 3.63) is 42.1 Å². The quantitative estimate of drug-likeness (QED) is 0.698. The number of hydrogen-bond acceptors (Lipinski definition) is 3. The van der Waals surface area contributed by atoms with Crippen molar-refractivity contribution < 1.29 is 5.11 Å². The van der Waals surface area contributed by atoms with Crippen molar-refractivity contribution in [2.75, 3.05) is 14.1 Å². The molecule has 0 aliphatic heterocycles. The molecule has 1 aromatic rings. The van der Waals surface area contributed by atoms with E-state index in [1.807, 2.05) is 55.5 Å². The highest BCUT2D eigenvalue weighted by atomic mass is 16.3. The maximum absolute atomic E-state index is 9.40. The molecule has 0 unspecified atom stereocenters. The molecule has 1 aromatic carbocycles. The minimum absolute atomic E-state index is 0.718. The summed E-state index contributed by atoms with van der Waals surface area (Å²) in [7, 11) is 3.79. The molecular weight excluding hydrogens is 176 g/mol.